The number of rotatable bonds is 3. The largest absolute Gasteiger partial charge is 0.490 e. The maximum atomic E-state index is 14.0. The molecule has 2 aromatic rings. The molecule has 2 amide bonds. The molecular formula is C20H20ClFN2O3. The highest BCUT2D eigenvalue weighted by atomic mass is 35.5. The van der Waals surface area contributed by atoms with Crippen LogP contribution in [0.3, 0.4) is 0 Å². The maximum absolute atomic E-state index is 14.0. The number of carbonyl (C=O) groups excluding carboxylic acids is 2. The van der Waals surface area contributed by atoms with Crippen LogP contribution in [0, 0.1) is 11.2 Å². The highest BCUT2D eigenvalue weighted by Gasteiger charge is 2.37. The van der Waals surface area contributed by atoms with Gasteiger partial charge in [-0.1, -0.05) is 17.7 Å². The van der Waals surface area contributed by atoms with E-state index in [-0.39, 0.29) is 23.1 Å². The first-order chi connectivity index (χ1) is 12.7. The number of halogens is 2. The van der Waals surface area contributed by atoms with Gasteiger partial charge in [-0.05, 0) is 51.1 Å². The van der Waals surface area contributed by atoms with Gasteiger partial charge in [-0.25, -0.2) is 4.39 Å². The first kappa shape index (κ1) is 19.2. The zero-order valence-corrected chi connectivity index (χ0v) is 16.1. The fourth-order valence-corrected chi connectivity index (χ4v) is 3.19. The molecule has 27 heavy (non-hydrogen) atoms. The molecule has 0 radical (unpaired) electrons. The summed E-state index contributed by atoms with van der Waals surface area (Å²) in [6.45, 7) is 6.23. The summed E-state index contributed by atoms with van der Waals surface area (Å²) in [6.07, 6.45) is 0. The van der Waals surface area contributed by atoms with E-state index in [1.165, 1.54) is 18.2 Å². The lowest BCUT2D eigenvalue weighted by Crippen LogP contribution is -2.42. The Bertz CT molecular complexity index is 894. The number of ether oxygens (including phenoxy) is 1. The van der Waals surface area contributed by atoms with Crippen LogP contribution in [0.5, 0.6) is 5.75 Å². The molecule has 0 fully saturated rings. The van der Waals surface area contributed by atoms with Crippen molar-refractivity contribution in [1.82, 2.24) is 0 Å². The van der Waals surface area contributed by atoms with Crippen molar-refractivity contribution in [3.63, 3.8) is 0 Å². The Morgan fingerprint density at radius 3 is 2.74 bits per heavy atom. The van der Waals surface area contributed by atoms with E-state index in [9.17, 15) is 14.0 Å². The summed E-state index contributed by atoms with van der Waals surface area (Å²) in [7, 11) is 0. The Morgan fingerprint density at radius 2 is 2.07 bits per heavy atom. The molecule has 0 atom stereocenters. The average Bonchev–Trinajstić information content (AvgIpc) is 2.70. The minimum atomic E-state index is -0.704. The lowest BCUT2D eigenvalue weighted by atomic mass is 9.93. The molecule has 0 aliphatic carbocycles. The van der Waals surface area contributed by atoms with Crippen molar-refractivity contribution >= 4 is 34.8 Å². The van der Waals surface area contributed by atoms with Crippen molar-refractivity contribution in [2.45, 2.75) is 20.8 Å². The summed E-state index contributed by atoms with van der Waals surface area (Å²) in [5.74, 6) is -0.880. The van der Waals surface area contributed by atoms with Gasteiger partial charge >= 0.3 is 0 Å². The van der Waals surface area contributed by atoms with Crippen LogP contribution in [0.4, 0.5) is 15.8 Å². The average molecular weight is 391 g/mol. The fourth-order valence-electron chi connectivity index (χ4n) is 2.95. The topological polar surface area (TPSA) is 58.6 Å². The summed E-state index contributed by atoms with van der Waals surface area (Å²) < 4.78 is 19.8. The molecule has 0 aromatic heterocycles. The van der Waals surface area contributed by atoms with Gasteiger partial charge in [-0.15, -0.1) is 0 Å². The lowest BCUT2D eigenvalue weighted by Gasteiger charge is -2.27. The highest BCUT2D eigenvalue weighted by molar-refractivity contribution is 6.34. The molecule has 5 nitrogen and oxygen atoms in total. The number of carbonyl (C=O) groups is 2. The van der Waals surface area contributed by atoms with Gasteiger partial charge < -0.3 is 15.0 Å². The van der Waals surface area contributed by atoms with Gasteiger partial charge in [-0.2, -0.15) is 0 Å². The first-order valence-electron chi connectivity index (χ1n) is 8.59. The second-order valence-corrected chi connectivity index (χ2v) is 7.36. The molecule has 3 rings (SSSR count). The molecule has 0 saturated carbocycles. The fraction of sp³-hybridized carbons (Fsp3) is 0.300. The van der Waals surface area contributed by atoms with Crippen LogP contribution >= 0.6 is 11.6 Å². The molecule has 2 aromatic carbocycles. The third-order valence-electron chi connectivity index (χ3n) is 4.43. The third kappa shape index (κ3) is 3.62. The van der Waals surface area contributed by atoms with E-state index in [1.54, 1.807) is 23.1 Å². The Hall–Kier alpha value is -2.60. The van der Waals surface area contributed by atoms with Gasteiger partial charge in [0.1, 0.15) is 18.2 Å². The maximum Gasteiger partial charge on any atom is 0.260 e. The summed E-state index contributed by atoms with van der Waals surface area (Å²) in [4.78, 5) is 26.9. The Labute approximate surface area is 162 Å². The minimum Gasteiger partial charge on any atom is -0.490 e. The van der Waals surface area contributed by atoms with Crippen LogP contribution in [0.2, 0.25) is 5.02 Å². The second kappa shape index (κ2) is 7.19. The van der Waals surface area contributed by atoms with Crippen molar-refractivity contribution < 1.29 is 18.7 Å². The minimum absolute atomic E-state index is 0.0257. The molecule has 142 valence electrons. The lowest BCUT2D eigenvalue weighted by molar-refractivity contribution is -0.127. The molecule has 1 N–H and O–H groups in total. The van der Waals surface area contributed by atoms with Crippen LogP contribution in [0.1, 0.15) is 31.1 Å². The number of amides is 2. The van der Waals surface area contributed by atoms with Gasteiger partial charge in [0.25, 0.3) is 5.91 Å². The van der Waals surface area contributed by atoms with Crippen molar-refractivity contribution in [3.05, 3.63) is 52.8 Å². The van der Waals surface area contributed by atoms with Gasteiger partial charge in [-0.3, -0.25) is 9.59 Å². The zero-order valence-electron chi connectivity index (χ0n) is 15.3. The Kier molecular flexibility index (Phi) is 5.11. The quantitative estimate of drug-likeness (QED) is 0.839. The normalized spacial score (nSPS) is 15.6. The van der Waals surface area contributed by atoms with Gasteiger partial charge in [0.2, 0.25) is 5.91 Å². The predicted molar refractivity (Wildman–Crippen MR) is 103 cm³/mol. The van der Waals surface area contributed by atoms with E-state index in [1.807, 2.05) is 20.8 Å². The molecule has 1 aliphatic rings. The molecule has 1 aliphatic heterocycles. The molecule has 0 bridgehead atoms. The van der Waals surface area contributed by atoms with Gasteiger partial charge in [0.15, 0.2) is 0 Å². The van der Waals surface area contributed by atoms with E-state index in [0.29, 0.717) is 23.7 Å². The summed E-state index contributed by atoms with van der Waals surface area (Å²) >= 11 is 5.95. The van der Waals surface area contributed by atoms with E-state index < -0.39 is 17.1 Å². The number of fused-ring (bicyclic) bond motifs is 1. The Balaban J connectivity index is 1.95. The molecule has 1 heterocycles. The van der Waals surface area contributed by atoms with Crippen molar-refractivity contribution in [2.24, 2.45) is 5.41 Å². The molecular weight excluding hydrogens is 371 g/mol. The van der Waals surface area contributed by atoms with Crippen molar-refractivity contribution in [3.8, 4) is 5.75 Å². The molecule has 0 unspecified atom stereocenters. The molecule has 0 spiro atoms. The van der Waals surface area contributed by atoms with Gasteiger partial charge in [0.05, 0.1) is 21.7 Å². The number of nitrogens with one attached hydrogen (secondary N) is 1. The van der Waals surface area contributed by atoms with E-state index in [2.05, 4.69) is 5.32 Å². The van der Waals surface area contributed by atoms with Crippen LogP contribution in [-0.2, 0) is 4.79 Å². The third-order valence-corrected chi connectivity index (χ3v) is 4.74. The van der Waals surface area contributed by atoms with Crippen LogP contribution in [-0.4, -0.2) is 25.0 Å². The second-order valence-electron chi connectivity index (χ2n) is 6.96. The van der Waals surface area contributed by atoms with Crippen molar-refractivity contribution in [1.29, 1.82) is 0 Å². The van der Waals surface area contributed by atoms with Crippen LogP contribution < -0.4 is 15.0 Å². The number of nitrogens with zero attached hydrogens (tertiary/aromatic N) is 1. The standard InChI is InChI=1S/C20H20ClFN2O3/c1-4-24-15-10-12(8-9-16(15)27-11-20(2,3)19(24)26)23-18(25)17-13(21)6-5-7-14(17)22/h5-10H,4,11H2,1-3H3,(H,23,25). The predicted octanol–water partition coefficient (Wildman–Crippen LogP) is 4.50. The van der Waals surface area contributed by atoms with Crippen LogP contribution in [0.25, 0.3) is 0 Å². The SMILES string of the molecule is CCN1C(=O)C(C)(C)COc2ccc(NC(=O)c3c(F)cccc3Cl)cc21. The smallest absolute Gasteiger partial charge is 0.260 e. The number of hydrogen-bond acceptors (Lipinski definition) is 3. The summed E-state index contributed by atoms with van der Waals surface area (Å²) in [6, 6.07) is 9.02. The van der Waals surface area contributed by atoms with E-state index >= 15 is 0 Å². The highest BCUT2D eigenvalue weighted by Crippen LogP contribution is 2.38. The molecule has 0 saturated heterocycles. The molecule has 7 heteroatoms. The number of hydrogen-bond donors (Lipinski definition) is 1. The van der Waals surface area contributed by atoms with Gasteiger partial charge in [0, 0.05) is 12.2 Å². The number of benzene rings is 2. The summed E-state index contributed by atoms with van der Waals surface area (Å²) in [5, 5.41) is 2.66. The summed E-state index contributed by atoms with van der Waals surface area (Å²) in [5.41, 5.74) is 0.0760. The zero-order chi connectivity index (χ0) is 19.8. The monoisotopic (exact) mass is 390 g/mol. The first-order valence-corrected chi connectivity index (χ1v) is 8.96. The van der Waals surface area contributed by atoms with E-state index in [0.717, 1.165) is 0 Å². The van der Waals surface area contributed by atoms with Crippen LogP contribution in [0.15, 0.2) is 36.4 Å². The number of anilines is 2. The van der Waals surface area contributed by atoms with Crippen molar-refractivity contribution in [2.75, 3.05) is 23.4 Å². The van der Waals surface area contributed by atoms with E-state index in [4.69, 9.17) is 16.3 Å². The Morgan fingerprint density at radius 1 is 1.33 bits per heavy atom.